The van der Waals surface area contributed by atoms with E-state index >= 15 is 0 Å². The highest BCUT2D eigenvalue weighted by Gasteiger charge is 2.36. The summed E-state index contributed by atoms with van der Waals surface area (Å²) in [7, 11) is 0. The first-order valence-electron chi connectivity index (χ1n) is 11.8. The van der Waals surface area contributed by atoms with Gasteiger partial charge in [-0.25, -0.2) is 4.39 Å². The Hall–Kier alpha value is -3.19. The van der Waals surface area contributed by atoms with E-state index in [0.717, 1.165) is 23.3 Å². The quantitative estimate of drug-likeness (QED) is 0.446. The van der Waals surface area contributed by atoms with Crippen molar-refractivity contribution in [2.24, 2.45) is 0 Å². The third-order valence-electron chi connectivity index (χ3n) is 6.30. The fourth-order valence-corrected chi connectivity index (χ4v) is 5.23. The Morgan fingerprint density at radius 1 is 1.11 bits per heavy atom. The molecule has 0 saturated heterocycles. The second-order valence-electron chi connectivity index (χ2n) is 9.82. The lowest BCUT2D eigenvalue weighted by Crippen LogP contribution is -2.53. The smallest absolute Gasteiger partial charge is 0.257 e. The summed E-state index contributed by atoms with van der Waals surface area (Å²) in [4.78, 5) is 31.5. The highest BCUT2D eigenvalue weighted by atomic mass is 32.1. The van der Waals surface area contributed by atoms with Crippen LogP contribution in [0.25, 0.3) is 0 Å². The largest absolute Gasteiger partial charge is 0.491 e. The zero-order valence-corrected chi connectivity index (χ0v) is 21.4. The molecule has 0 saturated carbocycles. The summed E-state index contributed by atoms with van der Waals surface area (Å²) in [5.74, 6) is -0.524. The van der Waals surface area contributed by atoms with Crippen molar-refractivity contribution in [1.82, 2.24) is 9.80 Å². The molecule has 2 heterocycles. The summed E-state index contributed by atoms with van der Waals surface area (Å²) in [6.07, 6.45) is 0.760. The lowest BCUT2D eigenvalue weighted by atomic mass is 9.99. The Bertz CT molecular complexity index is 1200. The molecule has 5 nitrogen and oxygen atoms in total. The van der Waals surface area contributed by atoms with E-state index in [9.17, 15) is 14.0 Å². The molecule has 4 rings (SSSR count). The lowest BCUT2D eigenvalue weighted by Gasteiger charge is -2.40. The summed E-state index contributed by atoms with van der Waals surface area (Å²) >= 11 is 1.69. The van der Waals surface area contributed by atoms with Gasteiger partial charge in [-0.05, 0) is 75.4 Å². The molecule has 0 radical (unpaired) electrons. The SMILES string of the molecule is Cc1ccc(OC[C@H]2c3ccsc3CCN2C(=O)CN(C(=O)c2ccccc2F)C(C)(C)C)cc1. The molecular formula is C28H31FN2O3S. The van der Waals surface area contributed by atoms with Crippen molar-refractivity contribution in [1.29, 1.82) is 0 Å². The molecule has 1 aliphatic rings. The van der Waals surface area contributed by atoms with E-state index in [0.29, 0.717) is 13.2 Å². The van der Waals surface area contributed by atoms with E-state index in [4.69, 9.17) is 4.74 Å². The van der Waals surface area contributed by atoms with Crippen LogP contribution in [0.15, 0.2) is 60.0 Å². The van der Waals surface area contributed by atoms with Crippen molar-refractivity contribution in [2.75, 3.05) is 19.7 Å². The molecule has 0 aliphatic carbocycles. The summed E-state index contributed by atoms with van der Waals surface area (Å²) < 4.78 is 20.5. The first-order chi connectivity index (χ1) is 16.6. The van der Waals surface area contributed by atoms with Gasteiger partial charge in [0.25, 0.3) is 5.91 Å². The number of benzene rings is 2. The first kappa shape index (κ1) is 24.9. The maximum atomic E-state index is 14.4. The highest BCUT2D eigenvalue weighted by Crippen LogP contribution is 2.34. The Morgan fingerprint density at radius 3 is 2.51 bits per heavy atom. The zero-order valence-electron chi connectivity index (χ0n) is 20.6. The van der Waals surface area contributed by atoms with Crippen LogP contribution in [-0.2, 0) is 11.2 Å². The Kier molecular flexibility index (Phi) is 7.26. The fourth-order valence-electron chi connectivity index (χ4n) is 4.30. The van der Waals surface area contributed by atoms with Gasteiger partial charge in [0, 0.05) is 17.0 Å². The number of rotatable bonds is 6. The number of carbonyl (C=O) groups is 2. The van der Waals surface area contributed by atoms with Crippen LogP contribution < -0.4 is 4.74 Å². The van der Waals surface area contributed by atoms with Gasteiger partial charge in [0.05, 0.1) is 11.6 Å². The third kappa shape index (κ3) is 5.56. The molecule has 0 bridgehead atoms. The van der Waals surface area contributed by atoms with Crippen LogP contribution in [0.3, 0.4) is 0 Å². The number of ether oxygens (including phenoxy) is 1. The molecule has 1 aromatic heterocycles. The zero-order chi connectivity index (χ0) is 25.2. The Labute approximate surface area is 210 Å². The molecule has 2 amide bonds. The predicted octanol–water partition coefficient (Wildman–Crippen LogP) is 5.64. The van der Waals surface area contributed by atoms with Gasteiger partial charge < -0.3 is 14.5 Å². The van der Waals surface area contributed by atoms with Crippen molar-refractivity contribution in [3.05, 3.63) is 87.4 Å². The topological polar surface area (TPSA) is 49.9 Å². The number of amides is 2. The number of fused-ring (bicyclic) bond motifs is 1. The van der Waals surface area contributed by atoms with Crippen molar-refractivity contribution in [3.63, 3.8) is 0 Å². The molecular weight excluding hydrogens is 463 g/mol. The highest BCUT2D eigenvalue weighted by molar-refractivity contribution is 7.10. The standard InChI is InChI=1S/C28H31FN2O3S/c1-19-9-11-20(12-10-19)34-18-24-22-14-16-35-25(22)13-15-30(24)26(32)17-31(28(2,3)4)27(33)21-7-5-6-8-23(21)29/h5-12,14,16,24H,13,15,17-18H2,1-4H3/t24-/m0/s1. The number of halogens is 1. The van der Waals surface area contributed by atoms with Gasteiger partial charge in [0.15, 0.2) is 0 Å². The van der Waals surface area contributed by atoms with Crippen molar-refractivity contribution in [2.45, 2.75) is 45.7 Å². The summed E-state index contributed by atoms with van der Waals surface area (Å²) in [5.41, 5.74) is 1.53. The molecule has 0 spiro atoms. The summed E-state index contributed by atoms with van der Waals surface area (Å²) in [6, 6.07) is 15.5. The second-order valence-corrected chi connectivity index (χ2v) is 10.8. The van der Waals surface area contributed by atoms with Crippen LogP contribution in [0.5, 0.6) is 5.75 Å². The van der Waals surface area contributed by atoms with Crippen LogP contribution in [-0.4, -0.2) is 46.8 Å². The second kappa shape index (κ2) is 10.2. The molecule has 0 unspecified atom stereocenters. The minimum Gasteiger partial charge on any atom is -0.491 e. The van der Waals surface area contributed by atoms with Gasteiger partial charge in [-0.1, -0.05) is 29.8 Å². The molecule has 2 aromatic carbocycles. The monoisotopic (exact) mass is 494 g/mol. The maximum absolute atomic E-state index is 14.4. The summed E-state index contributed by atoms with van der Waals surface area (Å²) in [6.45, 7) is 8.29. The molecule has 184 valence electrons. The number of nitrogens with zero attached hydrogens (tertiary/aromatic N) is 2. The van der Waals surface area contributed by atoms with Crippen LogP contribution in [0.4, 0.5) is 4.39 Å². The van der Waals surface area contributed by atoms with E-state index < -0.39 is 17.3 Å². The Balaban J connectivity index is 1.57. The van der Waals surface area contributed by atoms with Crippen LogP contribution in [0, 0.1) is 12.7 Å². The van der Waals surface area contributed by atoms with Gasteiger partial charge in [-0.3, -0.25) is 9.59 Å². The lowest BCUT2D eigenvalue weighted by molar-refractivity contribution is -0.136. The van der Waals surface area contributed by atoms with E-state index in [1.54, 1.807) is 28.4 Å². The number of aryl methyl sites for hydroxylation is 1. The van der Waals surface area contributed by atoms with Gasteiger partial charge in [-0.2, -0.15) is 0 Å². The van der Waals surface area contributed by atoms with Gasteiger partial charge in [-0.15, -0.1) is 11.3 Å². The van der Waals surface area contributed by atoms with Gasteiger partial charge in [0.2, 0.25) is 5.91 Å². The fraction of sp³-hybridized carbons (Fsp3) is 0.357. The number of hydrogen-bond donors (Lipinski definition) is 0. The predicted molar refractivity (Wildman–Crippen MR) is 136 cm³/mol. The van der Waals surface area contributed by atoms with E-state index in [-0.39, 0.29) is 24.1 Å². The molecule has 3 aromatic rings. The number of hydrogen-bond acceptors (Lipinski definition) is 4. The Morgan fingerprint density at radius 2 is 1.83 bits per heavy atom. The molecule has 7 heteroatoms. The van der Waals surface area contributed by atoms with Crippen molar-refractivity contribution in [3.8, 4) is 5.75 Å². The van der Waals surface area contributed by atoms with Crippen LogP contribution in [0.2, 0.25) is 0 Å². The van der Waals surface area contributed by atoms with Crippen molar-refractivity contribution < 1.29 is 18.7 Å². The third-order valence-corrected chi connectivity index (χ3v) is 7.29. The average molecular weight is 495 g/mol. The molecule has 35 heavy (non-hydrogen) atoms. The molecule has 1 atom stereocenters. The van der Waals surface area contributed by atoms with Crippen LogP contribution in [0.1, 0.15) is 53.2 Å². The number of carbonyl (C=O) groups excluding carboxylic acids is 2. The summed E-state index contributed by atoms with van der Waals surface area (Å²) in [5, 5.41) is 2.04. The molecule has 0 fully saturated rings. The van der Waals surface area contributed by atoms with Gasteiger partial charge in [0.1, 0.15) is 24.7 Å². The van der Waals surface area contributed by atoms with Crippen molar-refractivity contribution >= 4 is 23.2 Å². The van der Waals surface area contributed by atoms with Gasteiger partial charge >= 0.3 is 0 Å². The van der Waals surface area contributed by atoms with E-state index in [1.807, 2.05) is 57.3 Å². The average Bonchev–Trinajstić information content (AvgIpc) is 3.30. The van der Waals surface area contributed by atoms with E-state index in [2.05, 4.69) is 6.07 Å². The van der Waals surface area contributed by atoms with E-state index in [1.165, 1.54) is 21.9 Å². The minimum absolute atomic E-state index is 0.0340. The van der Waals surface area contributed by atoms with Crippen LogP contribution >= 0.6 is 11.3 Å². The first-order valence-corrected chi connectivity index (χ1v) is 12.6. The number of thiophene rings is 1. The normalized spacial score (nSPS) is 15.5. The minimum atomic E-state index is -0.674. The molecule has 1 aliphatic heterocycles. The maximum Gasteiger partial charge on any atom is 0.257 e. The molecule has 0 N–H and O–H groups in total.